The van der Waals surface area contributed by atoms with Crippen molar-refractivity contribution in [1.29, 1.82) is 0 Å². The van der Waals surface area contributed by atoms with Crippen LogP contribution in [0.4, 0.5) is 0 Å². The third-order valence-corrected chi connectivity index (χ3v) is 8.61. The number of rotatable bonds is 2. The molecule has 0 heterocycles. The molecule has 0 aromatic carbocycles. The van der Waals surface area contributed by atoms with Gasteiger partial charge in [-0.2, -0.15) is 0 Å². The number of fused-ring (bicyclic) bond motifs is 5. The molecule has 0 aromatic heterocycles. The van der Waals surface area contributed by atoms with E-state index in [1.807, 2.05) is 0 Å². The van der Waals surface area contributed by atoms with Gasteiger partial charge in [-0.05, 0) is 68.1 Å². The minimum atomic E-state index is -0.159. The Morgan fingerprint density at radius 3 is 2.41 bits per heavy atom. The van der Waals surface area contributed by atoms with Crippen molar-refractivity contribution in [3.8, 4) is 0 Å². The molecule has 4 aliphatic rings. The van der Waals surface area contributed by atoms with Crippen molar-refractivity contribution >= 4 is 11.9 Å². The van der Waals surface area contributed by atoms with Crippen LogP contribution in [0.25, 0.3) is 0 Å². The molecule has 27 heavy (non-hydrogen) atoms. The zero-order chi connectivity index (χ0) is 19.4. The van der Waals surface area contributed by atoms with Gasteiger partial charge in [0.1, 0.15) is 12.2 Å². The van der Waals surface area contributed by atoms with Crippen molar-refractivity contribution < 1.29 is 19.1 Å². The summed E-state index contributed by atoms with van der Waals surface area (Å²) >= 11 is 0. The Hall–Kier alpha value is -1.32. The van der Waals surface area contributed by atoms with Crippen LogP contribution in [0.5, 0.6) is 0 Å². The number of allylic oxidation sites excluding steroid dienone is 1. The van der Waals surface area contributed by atoms with Crippen LogP contribution in [0, 0.1) is 28.6 Å². The van der Waals surface area contributed by atoms with E-state index in [4.69, 9.17) is 9.47 Å². The van der Waals surface area contributed by atoms with E-state index in [-0.39, 0.29) is 35.0 Å². The number of hydrogen-bond acceptors (Lipinski definition) is 4. The van der Waals surface area contributed by atoms with Gasteiger partial charge >= 0.3 is 11.9 Å². The maximum atomic E-state index is 11.6. The Kier molecular flexibility index (Phi) is 4.67. The van der Waals surface area contributed by atoms with Crippen LogP contribution in [0.1, 0.15) is 79.1 Å². The van der Waals surface area contributed by atoms with Gasteiger partial charge in [0.15, 0.2) is 0 Å². The van der Waals surface area contributed by atoms with Gasteiger partial charge in [0.2, 0.25) is 0 Å². The van der Waals surface area contributed by atoms with E-state index in [2.05, 4.69) is 19.9 Å². The van der Waals surface area contributed by atoms with Crippen molar-refractivity contribution in [2.24, 2.45) is 28.6 Å². The van der Waals surface area contributed by atoms with Crippen molar-refractivity contribution in [1.82, 2.24) is 0 Å². The molecule has 0 unspecified atom stereocenters. The summed E-state index contributed by atoms with van der Waals surface area (Å²) in [7, 11) is 0. The van der Waals surface area contributed by atoms with Crippen LogP contribution in [0.2, 0.25) is 0 Å². The summed E-state index contributed by atoms with van der Waals surface area (Å²) in [6.45, 7) is 7.88. The zero-order valence-electron chi connectivity index (χ0n) is 17.3. The first-order valence-electron chi connectivity index (χ1n) is 10.8. The highest BCUT2D eigenvalue weighted by Crippen LogP contribution is 2.65. The van der Waals surface area contributed by atoms with Crippen LogP contribution in [0.15, 0.2) is 11.6 Å². The van der Waals surface area contributed by atoms with Gasteiger partial charge in [-0.1, -0.05) is 25.5 Å². The molecule has 0 aliphatic heterocycles. The fraction of sp³-hybridized carbons (Fsp3) is 0.826. The van der Waals surface area contributed by atoms with Crippen molar-refractivity contribution in [2.75, 3.05) is 0 Å². The Bertz CT molecular complexity index is 667. The molecule has 4 nitrogen and oxygen atoms in total. The van der Waals surface area contributed by atoms with E-state index in [1.54, 1.807) is 6.92 Å². The first-order valence-corrected chi connectivity index (χ1v) is 10.8. The Balaban J connectivity index is 1.55. The standard InChI is InChI=1S/C23H34O4/c1-14(24)26-17-9-11-22(3)16(13-17)5-6-18-19-7-8-21(27-15(2)25)23(19,4)12-10-20(18)22/h5,17-21H,6-13H2,1-4H3/t17-,18+,19-,20-,21+,22+,23-/m1/s1. The topological polar surface area (TPSA) is 52.6 Å². The second kappa shape index (κ2) is 6.63. The van der Waals surface area contributed by atoms with Gasteiger partial charge in [0, 0.05) is 25.7 Å². The molecule has 0 spiro atoms. The van der Waals surface area contributed by atoms with E-state index in [0.29, 0.717) is 17.8 Å². The normalized spacial score (nSPS) is 45.8. The smallest absolute Gasteiger partial charge is 0.302 e. The summed E-state index contributed by atoms with van der Waals surface area (Å²) in [6.07, 6.45) is 11.4. The molecule has 0 amide bonds. The lowest BCUT2D eigenvalue weighted by Gasteiger charge is -2.57. The van der Waals surface area contributed by atoms with Crippen LogP contribution in [-0.2, 0) is 19.1 Å². The van der Waals surface area contributed by atoms with Crippen molar-refractivity contribution in [3.63, 3.8) is 0 Å². The number of hydrogen-bond donors (Lipinski definition) is 0. The van der Waals surface area contributed by atoms with Gasteiger partial charge < -0.3 is 9.47 Å². The van der Waals surface area contributed by atoms with Gasteiger partial charge in [-0.25, -0.2) is 0 Å². The summed E-state index contributed by atoms with van der Waals surface area (Å²) in [5, 5.41) is 0. The third-order valence-electron chi connectivity index (χ3n) is 8.61. The molecule has 4 rings (SSSR count). The molecule has 3 saturated carbocycles. The maximum absolute atomic E-state index is 11.6. The minimum Gasteiger partial charge on any atom is -0.462 e. The highest BCUT2D eigenvalue weighted by Gasteiger charge is 2.59. The molecule has 0 saturated heterocycles. The Morgan fingerprint density at radius 2 is 1.70 bits per heavy atom. The summed E-state index contributed by atoms with van der Waals surface area (Å²) in [5.74, 6) is 1.77. The molecule has 0 N–H and O–H groups in total. The SMILES string of the molecule is CC(=O)O[C@@H]1CC[C@@]2(C)C(=CC[C@H]3[C@H]4CC[C@H](OC(C)=O)[C@]4(C)CC[C@H]32)C1. The Labute approximate surface area is 163 Å². The van der Waals surface area contributed by atoms with E-state index in [9.17, 15) is 9.59 Å². The lowest BCUT2D eigenvalue weighted by Crippen LogP contribution is -2.51. The monoisotopic (exact) mass is 374 g/mol. The first-order chi connectivity index (χ1) is 12.7. The molecular formula is C23H34O4. The van der Waals surface area contributed by atoms with Gasteiger partial charge in [0.05, 0.1) is 0 Å². The highest BCUT2D eigenvalue weighted by atomic mass is 16.5. The fourth-order valence-corrected chi connectivity index (χ4v) is 7.31. The molecule has 0 bridgehead atoms. The second-order valence-electron chi connectivity index (χ2n) is 9.95. The van der Waals surface area contributed by atoms with Crippen LogP contribution < -0.4 is 0 Å². The van der Waals surface area contributed by atoms with Crippen LogP contribution in [-0.4, -0.2) is 24.1 Å². The minimum absolute atomic E-state index is 0.0621. The molecule has 4 aliphatic carbocycles. The van der Waals surface area contributed by atoms with E-state index in [1.165, 1.54) is 25.3 Å². The molecular weight excluding hydrogens is 340 g/mol. The average molecular weight is 375 g/mol. The van der Waals surface area contributed by atoms with Crippen molar-refractivity contribution in [3.05, 3.63) is 11.6 Å². The maximum Gasteiger partial charge on any atom is 0.302 e. The Morgan fingerprint density at radius 1 is 0.963 bits per heavy atom. The summed E-state index contributed by atoms with van der Waals surface area (Å²) in [5.41, 5.74) is 1.92. The molecule has 150 valence electrons. The van der Waals surface area contributed by atoms with Gasteiger partial charge in [0.25, 0.3) is 0 Å². The highest BCUT2D eigenvalue weighted by molar-refractivity contribution is 5.66. The van der Waals surface area contributed by atoms with E-state index in [0.717, 1.165) is 38.5 Å². The van der Waals surface area contributed by atoms with E-state index < -0.39 is 0 Å². The number of carbonyl (C=O) groups is 2. The fourth-order valence-electron chi connectivity index (χ4n) is 7.31. The first kappa shape index (κ1) is 19.0. The predicted octanol–water partition coefficient (Wildman–Crippen LogP) is 4.81. The zero-order valence-corrected chi connectivity index (χ0v) is 17.3. The molecule has 0 aromatic rings. The lowest BCUT2D eigenvalue weighted by molar-refractivity contribution is -0.157. The molecule has 4 heteroatoms. The molecule has 7 atom stereocenters. The lowest BCUT2D eigenvalue weighted by atomic mass is 9.48. The van der Waals surface area contributed by atoms with E-state index >= 15 is 0 Å². The average Bonchev–Trinajstić information content (AvgIpc) is 2.91. The van der Waals surface area contributed by atoms with Gasteiger partial charge in [-0.15, -0.1) is 0 Å². The quantitative estimate of drug-likeness (QED) is 0.514. The molecule has 3 fully saturated rings. The predicted molar refractivity (Wildman–Crippen MR) is 103 cm³/mol. The van der Waals surface area contributed by atoms with Gasteiger partial charge in [-0.3, -0.25) is 9.59 Å². The second-order valence-corrected chi connectivity index (χ2v) is 9.95. The van der Waals surface area contributed by atoms with Crippen LogP contribution in [0.3, 0.4) is 0 Å². The summed E-state index contributed by atoms with van der Waals surface area (Å²) in [4.78, 5) is 22.9. The molecule has 0 radical (unpaired) electrons. The summed E-state index contributed by atoms with van der Waals surface area (Å²) in [6, 6.07) is 0. The summed E-state index contributed by atoms with van der Waals surface area (Å²) < 4.78 is 11.3. The third kappa shape index (κ3) is 3.03. The van der Waals surface area contributed by atoms with Crippen molar-refractivity contribution in [2.45, 2.75) is 91.3 Å². The number of ether oxygens (including phenoxy) is 2. The largest absolute Gasteiger partial charge is 0.462 e. The number of esters is 2. The van der Waals surface area contributed by atoms with Crippen LogP contribution >= 0.6 is 0 Å². The number of carbonyl (C=O) groups excluding carboxylic acids is 2.